The first-order valence-electron chi connectivity index (χ1n) is 8.82. The van der Waals surface area contributed by atoms with Gasteiger partial charge in [-0.15, -0.1) is 0 Å². The van der Waals surface area contributed by atoms with Gasteiger partial charge in [-0.25, -0.2) is 0 Å². The number of imide groups is 1. The molecule has 0 saturated heterocycles. The summed E-state index contributed by atoms with van der Waals surface area (Å²) in [5.74, 6) is -0.588. The van der Waals surface area contributed by atoms with E-state index in [0.29, 0.717) is 66.1 Å². The molecule has 0 aliphatic carbocycles. The van der Waals surface area contributed by atoms with Crippen LogP contribution in [-0.2, 0) is 33.3 Å². The van der Waals surface area contributed by atoms with Gasteiger partial charge in [0.05, 0.1) is 72.6 Å². The first-order valence-corrected chi connectivity index (χ1v) is 8.82. The molecule has 0 unspecified atom stereocenters. The van der Waals surface area contributed by atoms with Crippen LogP contribution in [0.3, 0.4) is 0 Å². The fourth-order valence-corrected chi connectivity index (χ4v) is 1.96. The van der Waals surface area contributed by atoms with Crippen LogP contribution in [0.5, 0.6) is 0 Å². The molecule has 9 nitrogen and oxygen atoms in total. The van der Waals surface area contributed by atoms with Crippen molar-refractivity contribution in [3.63, 3.8) is 0 Å². The molecule has 1 N–H and O–H groups in total. The number of nitrogens with zero attached hydrogens (tertiary/aromatic N) is 1. The van der Waals surface area contributed by atoms with E-state index in [1.54, 1.807) is 0 Å². The Morgan fingerprint density at radius 2 is 1.08 bits per heavy atom. The number of rotatable bonds is 18. The van der Waals surface area contributed by atoms with Gasteiger partial charge in [0.25, 0.3) is 11.8 Å². The highest BCUT2D eigenvalue weighted by atomic mass is 16.6. The monoisotopic (exact) mass is 374 g/mol. The minimum absolute atomic E-state index is 0.258. The van der Waals surface area contributed by atoms with Crippen molar-refractivity contribution in [3.05, 3.63) is 12.2 Å². The molecule has 1 aliphatic heterocycles. The lowest BCUT2D eigenvalue weighted by atomic mass is 10.5. The van der Waals surface area contributed by atoms with Crippen molar-refractivity contribution in [3.8, 4) is 0 Å². The summed E-state index contributed by atoms with van der Waals surface area (Å²) < 4.78 is 26.7. The zero-order chi connectivity index (χ0) is 18.9. The molecule has 26 heavy (non-hydrogen) atoms. The normalized spacial score (nSPS) is 14.0. The number of hydrogen-bond acceptors (Lipinski definition) is 8. The lowest BCUT2D eigenvalue weighted by Gasteiger charge is -2.13. The van der Waals surface area contributed by atoms with E-state index in [2.05, 4.69) is 5.32 Å². The molecule has 0 radical (unpaired) electrons. The van der Waals surface area contributed by atoms with Crippen LogP contribution >= 0.6 is 0 Å². The fraction of sp³-hybridized carbons (Fsp3) is 0.765. The first kappa shape index (κ1) is 22.7. The van der Waals surface area contributed by atoms with E-state index < -0.39 is 0 Å². The highest BCUT2D eigenvalue weighted by Gasteiger charge is 2.22. The van der Waals surface area contributed by atoms with Crippen LogP contribution in [0.2, 0.25) is 0 Å². The van der Waals surface area contributed by atoms with Gasteiger partial charge < -0.3 is 29.0 Å². The van der Waals surface area contributed by atoms with Crippen LogP contribution < -0.4 is 5.32 Å². The Labute approximate surface area is 154 Å². The molecule has 0 aromatic heterocycles. The van der Waals surface area contributed by atoms with Crippen molar-refractivity contribution >= 4 is 11.8 Å². The first-order chi connectivity index (χ1) is 12.8. The highest BCUT2D eigenvalue weighted by Crippen LogP contribution is 2.02. The summed E-state index contributed by atoms with van der Waals surface area (Å²) in [5, 5.41) is 3.00. The quantitative estimate of drug-likeness (QED) is 0.246. The van der Waals surface area contributed by atoms with Crippen molar-refractivity contribution in [2.75, 3.05) is 86.2 Å². The lowest BCUT2D eigenvalue weighted by molar-refractivity contribution is -0.137. The van der Waals surface area contributed by atoms with Gasteiger partial charge in [-0.05, 0) is 7.05 Å². The second kappa shape index (κ2) is 15.9. The van der Waals surface area contributed by atoms with Gasteiger partial charge in [0.1, 0.15) is 0 Å². The minimum Gasteiger partial charge on any atom is -0.378 e. The third-order valence-electron chi connectivity index (χ3n) is 3.34. The van der Waals surface area contributed by atoms with Gasteiger partial charge in [-0.3, -0.25) is 14.5 Å². The van der Waals surface area contributed by atoms with Gasteiger partial charge in [0.2, 0.25) is 0 Å². The van der Waals surface area contributed by atoms with Crippen LogP contribution in [0.15, 0.2) is 12.2 Å². The van der Waals surface area contributed by atoms with Crippen LogP contribution in [0.4, 0.5) is 0 Å². The average Bonchev–Trinajstić information content (AvgIpc) is 2.96. The van der Waals surface area contributed by atoms with Crippen molar-refractivity contribution in [1.29, 1.82) is 0 Å². The number of hydrogen-bond donors (Lipinski definition) is 1. The molecule has 0 saturated carbocycles. The van der Waals surface area contributed by atoms with Gasteiger partial charge in [-0.1, -0.05) is 0 Å². The number of ether oxygens (including phenoxy) is 5. The SMILES string of the molecule is CNCCOCCOCCOCCOCCOCCN1C(=O)C=CC1=O. The van der Waals surface area contributed by atoms with E-state index in [0.717, 1.165) is 11.4 Å². The smallest absolute Gasteiger partial charge is 0.253 e. The summed E-state index contributed by atoms with van der Waals surface area (Å²) >= 11 is 0. The summed E-state index contributed by atoms with van der Waals surface area (Å²) in [6, 6.07) is 0. The predicted molar refractivity (Wildman–Crippen MR) is 93.9 cm³/mol. The molecule has 1 aliphatic rings. The number of amides is 2. The van der Waals surface area contributed by atoms with E-state index >= 15 is 0 Å². The summed E-state index contributed by atoms with van der Waals surface area (Å²) in [6.07, 6.45) is 2.52. The summed E-state index contributed by atoms with van der Waals surface area (Å²) in [5.41, 5.74) is 0. The summed E-state index contributed by atoms with van der Waals surface area (Å²) in [6.45, 7) is 6.07. The number of carbonyl (C=O) groups is 2. The lowest BCUT2D eigenvalue weighted by Crippen LogP contribution is -2.33. The van der Waals surface area contributed by atoms with Crippen molar-refractivity contribution in [2.45, 2.75) is 0 Å². The molecule has 0 atom stereocenters. The standard InChI is InChI=1S/C17H30N2O7/c1-18-4-6-22-8-10-24-12-14-26-15-13-25-11-9-23-7-5-19-16(20)2-3-17(19)21/h2-3,18H,4-15H2,1H3. The summed E-state index contributed by atoms with van der Waals surface area (Å²) in [7, 11) is 1.88. The van der Waals surface area contributed by atoms with Gasteiger partial charge in [-0.2, -0.15) is 0 Å². The minimum atomic E-state index is -0.294. The van der Waals surface area contributed by atoms with E-state index in [9.17, 15) is 9.59 Å². The Hall–Kier alpha value is -1.36. The van der Waals surface area contributed by atoms with Gasteiger partial charge >= 0.3 is 0 Å². The highest BCUT2D eigenvalue weighted by molar-refractivity contribution is 6.12. The number of likely N-dealkylation sites (N-methyl/N-ethyl adjacent to an activating group) is 1. The molecule has 0 aromatic carbocycles. The van der Waals surface area contributed by atoms with E-state index in [1.807, 2.05) is 7.05 Å². The molecule has 2 amide bonds. The van der Waals surface area contributed by atoms with Crippen LogP contribution in [0.1, 0.15) is 0 Å². The van der Waals surface area contributed by atoms with Gasteiger partial charge in [0.15, 0.2) is 0 Å². The molecule has 1 heterocycles. The average molecular weight is 374 g/mol. The van der Waals surface area contributed by atoms with E-state index in [1.165, 1.54) is 12.2 Å². The largest absolute Gasteiger partial charge is 0.378 e. The molecule has 1 rings (SSSR count). The third-order valence-corrected chi connectivity index (χ3v) is 3.34. The Balaban J connectivity index is 1.72. The second-order valence-electron chi connectivity index (χ2n) is 5.33. The maximum atomic E-state index is 11.3. The Bertz CT molecular complexity index is 400. The van der Waals surface area contributed by atoms with Crippen LogP contribution in [0.25, 0.3) is 0 Å². The Morgan fingerprint density at radius 3 is 1.50 bits per heavy atom. The molecular formula is C17H30N2O7. The van der Waals surface area contributed by atoms with Crippen LogP contribution in [-0.4, -0.2) is 103 Å². The maximum absolute atomic E-state index is 11.3. The van der Waals surface area contributed by atoms with Gasteiger partial charge in [0, 0.05) is 18.7 Å². The Kier molecular flexibility index (Phi) is 13.8. The molecule has 150 valence electrons. The maximum Gasteiger partial charge on any atom is 0.253 e. The van der Waals surface area contributed by atoms with E-state index in [-0.39, 0.29) is 18.4 Å². The molecule has 9 heteroatoms. The zero-order valence-corrected chi connectivity index (χ0v) is 15.4. The topological polar surface area (TPSA) is 95.6 Å². The van der Waals surface area contributed by atoms with Crippen molar-refractivity contribution in [1.82, 2.24) is 10.2 Å². The molecule has 0 bridgehead atoms. The molecule has 0 spiro atoms. The van der Waals surface area contributed by atoms with Crippen LogP contribution in [0, 0.1) is 0 Å². The molecule has 0 fully saturated rings. The second-order valence-corrected chi connectivity index (χ2v) is 5.33. The summed E-state index contributed by atoms with van der Waals surface area (Å²) in [4.78, 5) is 23.7. The predicted octanol–water partition coefficient (Wildman–Crippen LogP) is -0.786. The van der Waals surface area contributed by atoms with Crippen molar-refractivity contribution < 1.29 is 33.3 Å². The zero-order valence-electron chi connectivity index (χ0n) is 15.4. The molecule has 0 aromatic rings. The third kappa shape index (κ3) is 11.3. The Morgan fingerprint density at radius 1 is 0.692 bits per heavy atom. The van der Waals surface area contributed by atoms with E-state index in [4.69, 9.17) is 23.7 Å². The number of carbonyl (C=O) groups excluding carboxylic acids is 2. The number of nitrogens with one attached hydrogen (secondary N) is 1. The fourth-order valence-electron chi connectivity index (χ4n) is 1.96. The van der Waals surface area contributed by atoms with Crippen molar-refractivity contribution in [2.24, 2.45) is 0 Å². The molecular weight excluding hydrogens is 344 g/mol.